The minimum atomic E-state index is 1.12. The Balaban J connectivity index is 1.11. The first-order valence-electron chi connectivity index (χ1n) is 17.1. The standard InChI is InChI=1S/C48H31NS/c1-2-9-32(10-3-1)37-12-8-13-40(29-37)49(41-27-23-35-18-17-34-11-4-5-14-42(34)45(35)31-41)39-25-21-33(22-26-39)38-20-19-36-24-28-44-43-15-6-7-16-47(43)50-48(44)46(36)30-38/h1-31H. The van der Waals surface area contributed by atoms with Crippen molar-refractivity contribution < 1.29 is 0 Å². The molecule has 0 saturated heterocycles. The molecule has 1 aromatic heterocycles. The molecule has 10 aromatic rings. The van der Waals surface area contributed by atoms with Crippen molar-refractivity contribution in [2.75, 3.05) is 4.90 Å². The molecule has 0 unspecified atom stereocenters. The van der Waals surface area contributed by atoms with E-state index >= 15 is 0 Å². The minimum absolute atomic E-state index is 1.12. The average molecular weight is 654 g/mol. The molecule has 1 heterocycles. The van der Waals surface area contributed by atoms with Gasteiger partial charge in [0.1, 0.15) is 0 Å². The third-order valence-corrected chi connectivity index (χ3v) is 11.2. The van der Waals surface area contributed by atoms with E-state index in [1.165, 1.54) is 74.7 Å². The van der Waals surface area contributed by atoms with Gasteiger partial charge >= 0.3 is 0 Å². The largest absolute Gasteiger partial charge is 0.310 e. The fourth-order valence-electron chi connectivity index (χ4n) is 7.52. The number of thiophene rings is 1. The molecule has 234 valence electrons. The fourth-order valence-corrected chi connectivity index (χ4v) is 8.75. The van der Waals surface area contributed by atoms with Gasteiger partial charge in [-0.1, -0.05) is 140 Å². The first kappa shape index (κ1) is 28.8. The predicted molar refractivity (Wildman–Crippen MR) is 217 cm³/mol. The number of fused-ring (bicyclic) bond motifs is 8. The maximum Gasteiger partial charge on any atom is 0.0468 e. The van der Waals surface area contributed by atoms with E-state index in [0.717, 1.165) is 17.1 Å². The lowest BCUT2D eigenvalue weighted by atomic mass is 9.99. The summed E-state index contributed by atoms with van der Waals surface area (Å²) < 4.78 is 2.69. The van der Waals surface area contributed by atoms with Crippen LogP contribution in [0.15, 0.2) is 188 Å². The second-order valence-electron chi connectivity index (χ2n) is 13.0. The van der Waals surface area contributed by atoms with E-state index in [0.29, 0.717) is 0 Å². The Kier molecular flexibility index (Phi) is 6.75. The van der Waals surface area contributed by atoms with Crippen LogP contribution in [0.4, 0.5) is 17.1 Å². The van der Waals surface area contributed by atoms with Gasteiger partial charge < -0.3 is 4.90 Å². The summed E-state index contributed by atoms with van der Waals surface area (Å²) in [5.74, 6) is 0. The van der Waals surface area contributed by atoms with Gasteiger partial charge in [-0.2, -0.15) is 0 Å². The van der Waals surface area contributed by atoms with Gasteiger partial charge in [0.05, 0.1) is 0 Å². The molecule has 50 heavy (non-hydrogen) atoms. The van der Waals surface area contributed by atoms with Crippen LogP contribution in [-0.4, -0.2) is 0 Å². The lowest BCUT2D eigenvalue weighted by molar-refractivity contribution is 1.29. The normalized spacial score (nSPS) is 11.6. The van der Waals surface area contributed by atoms with Crippen LogP contribution in [0.1, 0.15) is 0 Å². The molecule has 0 aliphatic heterocycles. The maximum atomic E-state index is 2.39. The molecule has 0 atom stereocenters. The van der Waals surface area contributed by atoms with Crippen molar-refractivity contribution in [2.45, 2.75) is 0 Å². The van der Waals surface area contributed by atoms with Crippen LogP contribution in [0.3, 0.4) is 0 Å². The zero-order valence-corrected chi connectivity index (χ0v) is 28.1. The number of nitrogens with zero attached hydrogens (tertiary/aromatic N) is 1. The summed E-state index contributed by atoms with van der Waals surface area (Å²) in [6, 6.07) is 68.7. The first-order valence-corrected chi connectivity index (χ1v) is 17.9. The van der Waals surface area contributed by atoms with Gasteiger partial charge in [0.15, 0.2) is 0 Å². The topological polar surface area (TPSA) is 3.24 Å². The molecule has 0 bridgehead atoms. The summed E-state index contributed by atoms with van der Waals surface area (Å²) in [6.45, 7) is 0. The number of hydrogen-bond acceptors (Lipinski definition) is 2. The summed E-state index contributed by atoms with van der Waals surface area (Å²) in [7, 11) is 0. The van der Waals surface area contributed by atoms with Crippen LogP contribution in [0.5, 0.6) is 0 Å². The molecular formula is C48H31NS. The van der Waals surface area contributed by atoms with Gasteiger partial charge in [-0.15, -0.1) is 11.3 Å². The Morgan fingerprint density at radius 2 is 0.880 bits per heavy atom. The Morgan fingerprint density at radius 3 is 1.76 bits per heavy atom. The Morgan fingerprint density at radius 1 is 0.300 bits per heavy atom. The van der Waals surface area contributed by atoms with Crippen molar-refractivity contribution in [2.24, 2.45) is 0 Å². The molecule has 10 rings (SSSR count). The van der Waals surface area contributed by atoms with E-state index in [1.54, 1.807) is 0 Å². The van der Waals surface area contributed by atoms with Gasteiger partial charge in [0.2, 0.25) is 0 Å². The summed E-state index contributed by atoms with van der Waals surface area (Å²) in [5.41, 5.74) is 8.20. The molecule has 0 N–H and O–H groups in total. The van der Waals surface area contributed by atoms with Gasteiger partial charge in [0, 0.05) is 42.6 Å². The van der Waals surface area contributed by atoms with Gasteiger partial charge in [-0.3, -0.25) is 0 Å². The highest BCUT2D eigenvalue weighted by atomic mass is 32.1. The van der Waals surface area contributed by atoms with Crippen LogP contribution in [-0.2, 0) is 0 Å². The highest BCUT2D eigenvalue weighted by Gasteiger charge is 2.16. The summed E-state index contributed by atoms with van der Waals surface area (Å²) in [4.78, 5) is 2.39. The Bertz CT molecular complexity index is 2870. The predicted octanol–water partition coefficient (Wildman–Crippen LogP) is 14.3. The average Bonchev–Trinajstić information content (AvgIpc) is 3.58. The SMILES string of the molecule is c1ccc(-c2cccc(N(c3ccc(-c4ccc5ccc6c7ccccc7sc6c5c4)cc3)c3ccc4ccc5ccccc5c4c3)c2)cc1. The van der Waals surface area contributed by atoms with Crippen molar-refractivity contribution in [3.05, 3.63) is 188 Å². The zero-order chi connectivity index (χ0) is 33.0. The van der Waals surface area contributed by atoms with Crippen LogP contribution in [0.2, 0.25) is 0 Å². The second-order valence-corrected chi connectivity index (χ2v) is 14.0. The third-order valence-electron chi connectivity index (χ3n) is 10.0. The molecule has 0 fully saturated rings. The first-order chi connectivity index (χ1) is 24.8. The summed E-state index contributed by atoms with van der Waals surface area (Å²) in [6.07, 6.45) is 0. The molecule has 9 aromatic carbocycles. The van der Waals surface area contributed by atoms with E-state index in [-0.39, 0.29) is 0 Å². The van der Waals surface area contributed by atoms with Crippen LogP contribution >= 0.6 is 11.3 Å². The van der Waals surface area contributed by atoms with Crippen LogP contribution in [0.25, 0.3) is 74.7 Å². The minimum Gasteiger partial charge on any atom is -0.310 e. The monoisotopic (exact) mass is 653 g/mol. The molecule has 0 aliphatic carbocycles. The summed E-state index contributed by atoms with van der Waals surface area (Å²) >= 11 is 1.89. The quantitative estimate of drug-likeness (QED) is 0.167. The van der Waals surface area contributed by atoms with Crippen molar-refractivity contribution in [1.82, 2.24) is 0 Å². The third kappa shape index (κ3) is 4.84. The van der Waals surface area contributed by atoms with Crippen molar-refractivity contribution in [3.8, 4) is 22.3 Å². The van der Waals surface area contributed by atoms with Crippen molar-refractivity contribution in [1.29, 1.82) is 0 Å². The van der Waals surface area contributed by atoms with Gasteiger partial charge in [-0.25, -0.2) is 0 Å². The maximum absolute atomic E-state index is 2.39. The number of hydrogen-bond donors (Lipinski definition) is 0. The van der Waals surface area contributed by atoms with Crippen LogP contribution in [0, 0.1) is 0 Å². The molecular weight excluding hydrogens is 623 g/mol. The Labute approximate surface area is 294 Å². The number of rotatable bonds is 5. The molecule has 1 nitrogen and oxygen atoms in total. The molecule has 0 spiro atoms. The summed E-state index contributed by atoms with van der Waals surface area (Å²) in [5, 5.41) is 10.3. The van der Waals surface area contributed by atoms with E-state index < -0.39 is 0 Å². The smallest absolute Gasteiger partial charge is 0.0468 e. The van der Waals surface area contributed by atoms with Crippen molar-refractivity contribution >= 4 is 80.9 Å². The molecule has 0 saturated carbocycles. The lowest BCUT2D eigenvalue weighted by Crippen LogP contribution is -2.10. The molecule has 0 amide bonds. The van der Waals surface area contributed by atoms with Gasteiger partial charge in [-0.05, 0) is 97.7 Å². The highest BCUT2D eigenvalue weighted by Crippen LogP contribution is 2.42. The molecule has 2 heteroatoms. The Hall–Kier alpha value is -6.22. The lowest BCUT2D eigenvalue weighted by Gasteiger charge is -2.27. The number of anilines is 3. The number of benzene rings is 9. The zero-order valence-electron chi connectivity index (χ0n) is 27.3. The second kappa shape index (κ2) is 11.7. The van der Waals surface area contributed by atoms with E-state index in [1.807, 2.05) is 11.3 Å². The van der Waals surface area contributed by atoms with E-state index in [9.17, 15) is 0 Å². The van der Waals surface area contributed by atoms with Crippen molar-refractivity contribution in [3.63, 3.8) is 0 Å². The van der Waals surface area contributed by atoms with E-state index in [4.69, 9.17) is 0 Å². The molecule has 0 aliphatic rings. The molecule has 0 radical (unpaired) electrons. The fraction of sp³-hybridized carbons (Fsp3) is 0. The van der Waals surface area contributed by atoms with Crippen LogP contribution < -0.4 is 4.90 Å². The van der Waals surface area contributed by atoms with E-state index in [2.05, 4.69) is 193 Å². The van der Waals surface area contributed by atoms with Gasteiger partial charge in [0.25, 0.3) is 0 Å². The highest BCUT2D eigenvalue weighted by molar-refractivity contribution is 7.26.